The standard InChI is InChI=1S/C19H18N2O3/c22-18(20-13-14-5-7-16(8-6-14)19(23)24)10-12-21-11-9-15-3-1-2-4-17(15)21/h1-9,11H,10,12-13H2,(H,20,22)(H,23,24). The fourth-order valence-electron chi connectivity index (χ4n) is 2.61. The highest BCUT2D eigenvalue weighted by Gasteiger charge is 2.06. The Hall–Kier alpha value is -3.08. The van der Waals surface area contributed by atoms with Gasteiger partial charge in [-0.2, -0.15) is 0 Å². The average Bonchev–Trinajstić information content (AvgIpc) is 3.01. The molecule has 5 heteroatoms. The van der Waals surface area contributed by atoms with Crippen LogP contribution in [0.3, 0.4) is 0 Å². The van der Waals surface area contributed by atoms with Crippen LogP contribution in [0.25, 0.3) is 10.9 Å². The van der Waals surface area contributed by atoms with Crippen LogP contribution in [-0.4, -0.2) is 21.6 Å². The van der Waals surface area contributed by atoms with E-state index in [1.165, 1.54) is 12.1 Å². The van der Waals surface area contributed by atoms with Crippen molar-refractivity contribution in [2.45, 2.75) is 19.5 Å². The summed E-state index contributed by atoms with van der Waals surface area (Å²) in [6.45, 7) is 1.02. The lowest BCUT2D eigenvalue weighted by Gasteiger charge is -2.07. The number of aryl methyl sites for hydroxylation is 1. The molecule has 0 atom stereocenters. The fraction of sp³-hybridized carbons (Fsp3) is 0.158. The number of nitrogens with zero attached hydrogens (tertiary/aromatic N) is 1. The third-order valence-corrected chi connectivity index (χ3v) is 3.95. The number of benzene rings is 2. The fourth-order valence-corrected chi connectivity index (χ4v) is 2.61. The topological polar surface area (TPSA) is 71.3 Å². The Kier molecular flexibility index (Phi) is 4.61. The minimum absolute atomic E-state index is 0.0323. The van der Waals surface area contributed by atoms with E-state index in [2.05, 4.69) is 9.88 Å². The van der Waals surface area contributed by atoms with Gasteiger partial charge in [0.05, 0.1) is 5.56 Å². The number of carbonyl (C=O) groups is 2. The molecular formula is C19H18N2O3. The minimum atomic E-state index is -0.954. The maximum Gasteiger partial charge on any atom is 0.335 e. The average molecular weight is 322 g/mol. The molecule has 5 nitrogen and oxygen atoms in total. The second-order valence-electron chi connectivity index (χ2n) is 5.60. The number of carboxylic acids is 1. The third-order valence-electron chi connectivity index (χ3n) is 3.95. The van der Waals surface area contributed by atoms with Crippen LogP contribution in [0.2, 0.25) is 0 Å². The molecule has 0 bridgehead atoms. The number of nitrogens with one attached hydrogen (secondary N) is 1. The molecule has 0 fully saturated rings. The zero-order chi connectivity index (χ0) is 16.9. The molecule has 0 saturated heterocycles. The normalized spacial score (nSPS) is 10.7. The molecule has 0 saturated carbocycles. The first-order valence-corrected chi connectivity index (χ1v) is 7.76. The van der Waals surface area contributed by atoms with Crippen molar-refractivity contribution in [3.63, 3.8) is 0 Å². The molecule has 0 aliphatic rings. The molecule has 3 rings (SSSR count). The summed E-state index contributed by atoms with van der Waals surface area (Å²) < 4.78 is 2.07. The highest BCUT2D eigenvalue weighted by atomic mass is 16.4. The van der Waals surface area contributed by atoms with E-state index < -0.39 is 5.97 Å². The molecule has 0 spiro atoms. The molecule has 0 radical (unpaired) electrons. The molecule has 1 heterocycles. The number of hydrogen-bond donors (Lipinski definition) is 2. The van der Waals surface area contributed by atoms with Crippen molar-refractivity contribution in [2.24, 2.45) is 0 Å². The predicted molar refractivity (Wildman–Crippen MR) is 91.8 cm³/mol. The van der Waals surface area contributed by atoms with Gasteiger partial charge in [-0.25, -0.2) is 4.79 Å². The van der Waals surface area contributed by atoms with Gasteiger partial charge in [-0.1, -0.05) is 30.3 Å². The van der Waals surface area contributed by atoms with Crippen LogP contribution in [-0.2, 0) is 17.9 Å². The summed E-state index contributed by atoms with van der Waals surface area (Å²) >= 11 is 0. The van der Waals surface area contributed by atoms with E-state index in [9.17, 15) is 9.59 Å². The quantitative estimate of drug-likeness (QED) is 0.733. The van der Waals surface area contributed by atoms with Crippen molar-refractivity contribution >= 4 is 22.8 Å². The van der Waals surface area contributed by atoms with Gasteiger partial charge in [0.15, 0.2) is 0 Å². The van der Waals surface area contributed by atoms with E-state index in [-0.39, 0.29) is 11.5 Å². The van der Waals surface area contributed by atoms with E-state index in [0.29, 0.717) is 19.5 Å². The predicted octanol–water partition coefficient (Wildman–Crippen LogP) is 3.05. The molecule has 0 unspecified atom stereocenters. The Morgan fingerprint density at radius 1 is 1.00 bits per heavy atom. The first-order valence-electron chi connectivity index (χ1n) is 7.76. The van der Waals surface area contributed by atoms with E-state index >= 15 is 0 Å². The smallest absolute Gasteiger partial charge is 0.335 e. The molecule has 1 aromatic heterocycles. The Balaban J connectivity index is 1.51. The van der Waals surface area contributed by atoms with Gasteiger partial charge in [-0.05, 0) is 35.2 Å². The Bertz CT molecular complexity index is 866. The van der Waals surface area contributed by atoms with E-state index in [0.717, 1.165) is 16.5 Å². The molecular weight excluding hydrogens is 304 g/mol. The molecule has 122 valence electrons. The largest absolute Gasteiger partial charge is 0.478 e. The van der Waals surface area contributed by atoms with Crippen LogP contribution < -0.4 is 5.32 Å². The summed E-state index contributed by atoms with van der Waals surface area (Å²) in [5, 5.41) is 12.9. The highest BCUT2D eigenvalue weighted by molar-refractivity contribution is 5.87. The van der Waals surface area contributed by atoms with Gasteiger partial charge in [0.1, 0.15) is 0 Å². The molecule has 24 heavy (non-hydrogen) atoms. The van der Waals surface area contributed by atoms with Crippen molar-refractivity contribution < 1.29 is 14.7 Å². The highest BCUT2D eigenvalue weighted by Crippen LogP contribution is 2.15. The summed E-state index contributed by atoms with van der Waals surface area (Å²) in [6, 6.07) is 16.6. The van der Waals surface area contributed by atoms with E-state index in [4.69, 9.17) is 5.11 Å². The molecule has 3 aromatic rings. The Morgan fingerprint density at radius 3 is 2.50 bits per heavy atom. The number of amides is 1. The number of aromatic carboxylic acids is 1. The lowest BCUT2D eigenvalue weighted by Crippen LogP contribution is -2.23. The van der Waals surface area contributed by atoms with Crippen molar-refractivity contribution in [1.29, 1.82) is 0 Å². The molecule has 2 N–H and O–H groups in total. The number of para-hydroxylation sites is 1. The summed E-state index contributed by atoms with van der Waals surface area (Å²) in [5.41, 5.74) is 2.24. The van der Waals surface area contributed by atoms with Gasteiger partial charge < -0.3 is 15.0 Å². The van der Waals surface area contributed by atoms with Crippen molar-refractivity contribution in [3.8, 4) is 0 Å². The number of hydrogen-bond acceptors (Lipinski definition) is 2. The summed E-state index contributed by atoms with van der Waals surface area (Å²) in [4.78, 5) is 22.8. The van der Waals surface area contributed by atoms with Gasteiger partial charge >= 0.3 is 5.97 Å². The van der Waals surface area contributed by atoms with Gasteiger partial charge in [0.2, 0.25) is 5.91 Å². The zero-order valence-corrected chi connectivity index (χ0v) is 13.1. The van der Waals surface area contributed by atoms with Gasteiger partial charge in [0, 0.05) is 31.2 Å². The van der Waals surface area contributed by atoms with Crippen LogP contribution in [0.1, 0.15) is 22.3 Å². The first-order chi connectivity index (χ1) is 11.6. The van der Waals surface area contributed by atoms with Crippen LogP contribution in [0.15, 0.2) is 60.8 Å². The molecule has 0 aliphatic heterocycles. The number of carboxylic acid groups (broad SMARTS) is 1. The maximum absolute atomic E-state index is 12.0. The minimum Gasteiger partial charge on any atom is -0.478 e. The van der Waals surface area contributed by atoms with E-state index in [1.807, 2.05) is 36.5 Å². The first kappa shape index (κ1) is 15.8. The van der Waals surface area contributed by atoms with Gasteiger partial charge in [-0.3, -0.25) is 4.79 Å². The monoisotopic (exact) mass is 322 g/mol. The van der Waals surface area contributed by atoms with Crippen molar-refractivity contribution in [2.75, 3.05) is 0 Å². The van der Waals surface area contributed by atoms with Gasteiger partial charge in [-0.15, -0.1) is 0 Å². The number of aromatic nitrogens is 1. The Labute approximate surface area is 139 Å². The zero-order valence-electron chi connectivity index (χ0n) is 13.1. The van der Waals surface area contributed by atoms with Crippen LogP contribution in [0, 0.1) is 0 Å². The lowest BCUT2D eigenvalue weighted by atomic mass is 10.1. The SMILES string of the molecule is O=C(CCn1ccc2ccccc21)NCc1ccc(C(=O)O)cc1. The second kappa shape index (κ2) is 7.00. The number of fused-ring (bicyclic) bond motifs is 1. The number of carbonyl (C=O) groups excluding carboxylic acids is 1. The van der Waals surface area contributed by atoms with Crippen LogP contribution in [0.5, 0.6) is 0 Å². The van der Waals surface area contributed by atoms with E-state index in [1.54, 1.807) is 12.1 Å². The van der Waals surface area contributed by atoms with Gasteiger partial charge in [0.25, 0.3) is 0 Å². The lowest BCUT2D eigenvalue weighted by molar-refractivity contribution is -0.121. The van der Waals surface area contributed by atoms with Crippen LogP contribution >= 0.6 is 0 Å². The second-order valence-corrected chi connectivity index (χ2v) is 5.60. The number of rotatable bonds is 6. The van der Waals surface area contributed by atoms with Crippen LogP contribution in [0.4, 0.5) is 0 Å². The molecule has 2 aromatic carbocycles. The molecule has 1 amide bonds. The third kappa shape index (κ3) is 3.63. The van der Waals surface area contributed by atoms with Crippen molar-refractivity contribution in [3.05, 3.63) is 71.9 Å². The summed E-state index contributed by atoms with van der Waals surface area (Å²) in [6.07, 6.45) is 2.38. The maximum atomic E-state index is 12.0. The summed E-state index contributed by atoms with van der Waals surface area (Å²) in [5.74, 6) is -0.986. The summed E-state index contributed by atoms with van der Waals surface area (Å²) in [7, 11) is 0. The Morgan fingerprint density at radius 2 is 1.75 bits per heavy atom. The van der Waals surface area contributed by atoms with Crippen molar-refractivity contribution in [1.82, 2.24) is 9.88 Å². The molecule has 0 aliphatic carbocycles.